The molecule has 0 amide bonds. The van der Waals surface area contributed by atoms with Gasteiger partial charge in [0.1, 0.15) is 11.5 Å². The van der Waals surface area contributed by atoms with Crippen LogP contribution in [-0.4, -0.2) is 0 Å². The number of ether oxygens (including phenoxy) is 1. The molecule has 0 saturated heterocycles. The van der Waals surface area contributed by atoms with Gasteiger partial charge in [-0.1, -0.05) is 55.1 Å². The summed E-state index contributed by atoms with van der Waals surface area (Å²) >= 11 is 0. The van der Waals surface area contributed by atoms with Gasteiger partial charge < -0.3 is 4.74 Å². The monoisotopic (exact) mass is 250 g/mol. The molecule has 2 rings (SSSR count). The maximum Gasteiger partial charge on any atom is 0.135 e. The first-order valence-electron chi connectivity index (χ1n) is 6.34. The Morgan fingerprint density at radius 3 is 2.21 bits per heavy atom. The van der Waals surface area contributed by atoms with E-state index in [9.17, 15) is 0 Å². The first-order valence-corrected chi connectivity index (χ1v) is 6.34. The summed E-state index contributed by atoms with van der Waals surface area (Å²) in [6, 6.07) is 18.3. The Kier molecular flexibility index (Phi) is 4.19. The molecule has 96 valence electrons. The zero-order chi connectivity index (χ0) is 13.7. The second-order valence-electron chi connectivity index (χ2n) is 4.53. The summed E-state index contributed by atoms with van der Waals surface area (Å²) in [6.45, 7) is 7.83. The van der Waals surface area contributed by atoms with Crippen molar-refractivity contribution in [2.45, 2.75) is 13.8 Å². The van der Waals surface area contributed by atoms with E-state index in [0.29, 0.717) is 0 Å². The minimum Gasteiger partial charge on any atom is -0.457 e. The summed E-state index contributed by atoms with van der Waals surface area (Å²) in [5, 5.41) is 0. The number of allylic oxidation sites excluding steroid dienone is 2. The zero-order valence-electron chi connectivity index (χ0n) is 11.4. The fraction of sp³-hybridized carbons (Fsp3) is 0.111. The van der Waals surface area contributed by atoms with Crippen LogP contribution in [-0.2, 0) is 0 Å². The fourth-order valence-corrected chi connectivity index (χ4v) is 1.88. The quantitative estimate of drug-likeness (QED) is 0.534. The van der Waals surface area contributed by atoms with Gasteiger partial charge in [0.15, 0.2) is 0 Å². The Balaban J connectivity index is 2.43. The van der Waals surface area contributed by atoms with Crippen molar-refractivity contribution in [1.82, 2.24) is 0 Å². The summed E-state index contributed by atoms with van der Waals surface area (Å²) in [7, 11) is 0. The average Bonchev–Trinajstić information content (AvgIpc) is 2.45. The lowest BCUT2D eigenvalue weighted by molar-refractivity contribution is 0.440. The van der Waals surface area contributed by atoms with E-state index in [2.05, 4.69) is 24.8 Å². The number of rotatable bonds is 4. The molecule has 0 N–H and O–H groups in total. The standard InChI is InChI=1S/C18H18O/c1-4-17(14(2)3)19-18-13-9-8-12-16(18)15-10-6-5-7-11-15/h4-13H,1H2,2-3H3. The predicted octanol–water partition coefficient (Wildman–Crippen LogP) is 5.21. The van der Waals surface area contributed by atoms with Gasteiger partial charge in [0.2, 0.25) is 0 Å². The highest BCUT2D eigenvalue weighted by atomic mass is 16.5. The van der Waals surface area contributed by atoms with Gasteiger partial charge in [-0.3, -0.25) is 0 Å². The zero-order valence-corrected chi connectivity index (χ0v) is 11.4. The lowest BCUT2D eigenvalue weighted by Gasteiger charge is -2.13. The van der Waals surface area contributed by atoms with E-state index < -0.39 is 0 Å². The topological polar surface area (TPSA) is 9.23 Å². The first kappa shape index (κ1) is 13.2. The summed E-state index contributed by atoms with van der Waals surface area (Å²) in [6.07, 6.45) is 1.75. The molecule has 2 aromatic carbocycles. The van der Waals surface area contributed by atoms with Gasteiger partial charge in [-0.2, -0.15) is 0 Å². The van der Waals surface area contributed by atoms with Crippen LogP contribution < -0.4 is 4.74 Å². The molecule has 2 aromatic rings. The van der Waals surface area contributed by atoms with Gasteiger partial charge in [-0.05, 0) is 37.1 Å². The van der Waals surface area contributed by atoms with Crippen molar-refractivity contribution in [3.8, 4) is 16.9 Å². The van der Waals surface area contributed by atoms with Gasteiger partial charge in [-0.25, -0.2) is 0 Å². The average molecular weight is 250 g/mol. The number of benzene rings is 2. The Bertz CT molecular complexity index is 590. The van der Waals surface area contributed by atoms with Gasteiger partial charge in [-0.15, -0.1) is 0 Å². The molecule has 0 atom stereocenters. The second kappa shape index (κ2) is 6.05. The van der Waals surface area contributed by atoms with Gasteiger partial charge in [0.25, 0.3) is 0 Å². The first-order chi connectivity index (χ1) is 9.22. The Morgan fingerprint density at radius 1 is 0.947 bits per heavy atom. The third-order valence-electron chi connectivity index (χ3n) is 2.87. The van der Waals surface area contributed by atoms with Crippen LogP contribution >= 0.6 is 0 Å². The Hall–Kier alpha value is -2.28. The SMILES string of the molecule is C=CC(Oc1ccccc1-c1ccccc1)=C(C)C. The molecule has 1 nitrogen and oxygen atoms in total. The molecule has 1 heteroatoms. The summed E-state index contributed by atoms with van der Waals surface area (Å²) < 4.78 is 5.97. The van der Waals surface area contributed by atoms with Crippen molar-refractivity contribution in [2.24, 2.45) is 0 Å². The van der Waals surface area contributed by atoms with E-state index in [1.807, 2.05) is 50.2 Å². The molecule has 19 heavy (non-hydrogen) atoms. The minimum atomic E-state index is 0.809. The highest BCUT2D eigenvalue weighted by Crippen LogP contribution is 2.31. The molecule has 0 fully saturated rings. The lowest BCUT2D eigenvalue weighted by Crippen LogP contribution is -1.96. The van der Waals surface area contributed by atoms with Crippen molar-refractivity contribution in [3.63, 3.8) is 0 Å². The van der Waals surface area contributed by atoms with Crippen LogP contribution in [0.5, 0.6) is 5.75 Å². The van der Waals surface area contributed by atoms with E-state index in [1.165, 1.54) is 0 Å². The molecule has 0 bridgehead atoms. The van der Waals surface area contributed by atoms with Crippen LogP contribution in [0.15, 0.2) is 78.6 Å². The van der Waals surface area contributed by atoms with Crippen molar-refractivity contribution < 1.29 is 4.74 Å². The molecule has 0 spiro atoms. The molecular formula is C18H18O. The molecule has 0 heterocycles. The molecule has 0 aliphatic rings. The molecule has 0 saturated carbocycles. The van der Waals surface area contributed by atoms with Crippen LogP contribution in [0.2, 0.25) is 0 Å². The Morgan fingerprint density at radius 2 is 1.58 bits per heavy atom. The summed E-state index contributed by atoms with van der Waals surface area (Å²) in [5.41, 5.74) is 3.34. The number of hydrogen-bond acceptors (Lipinski definition) is 1. The predicted molar refractivity (Wildman–Crippen MR) is 81.1 cm³/mol. The lowest BCUT2D eigenvalue weighted by atomic mass is 10.0. The van der Waals surface area contributed by atoms with E-state index in [1.54, 1.807) is 6.08 Å². The highest BCUT2D eigenvalue weighted by molar-refractivity contribution is 5.70. The molecule has 0 aromatic heterocycles. The van der Waals surface area contributed by atoms with Crippen LogP contribution in [0, 0.1) is 0 Å². The van der Waals surface area contributed by atoms with E-state index >= 15 is 0 Å². The Labute approximate surface area is 114 Å². The summed E-state index contributed by atoms with van der Waals surface area (Å²) in [5.74, 6) is 1.66. The third kappa shape index (κ3) is 3.14. The van der Waals surface area contributed by atoms with Crippen molar-refractivity contribution in [3.05, 3.63) is 78.6 Å². The van der Waals surface area contributed by atoms with Crippen LogP contribution in [0.3, 0.4) is 0 Å². The van der Waals surface area contributed by atoms with Crippen molar-refractivity contribution in [2.75, 3.05) is 0 Å². The van der Waals surface area contributed by atoms with Gasteiger partial charge >= 0.3 is 0 Å². The molecular weight excluding hydrogens is 232 g/mol. The van der Waals surface area contributed by atoms with E-state index in [-0.39, 0.29) is 0 Å². The van der Waals surface area contributed by atoms with Crippen LogP contribution in [0.1, 0.15) is 13.8 Å². The smallest absolute Gasteiger partial charge is 0.135 e. The normalized spacial score (nSPS) is 9.79. The van der Waals surface area contributed by atoms with E-state index in [0.717, 1.165) is 28.2 Å². The van der Waals surface area contributed by atoms with Crippen molar-refractivity contribution in [1.29, 1.82) is 0 Å². The van der Waals surface area contributed by atoms with Crippen molar-refractivity contribution >= 4 is 0 Å². The van der Waals surface area contributed by atoms with Gasteiger partial charge in [0.05, 0.1) is 0 Å². The maximum atomic E-state index is 5.97. The molecule has 0 aliphatic heterocycles. The largest absolute Gasteiger partial charge is 0.457 e. The molecule has 0 unspecified atom stereocenters. The van der Waals surface area contributed by atoms with Gasteiger partial charge in [0, 0.05) is 5.56 Å². The second-order valence-corrected chi connectivity index (χ2v) is 4.53. The molecule has 0 radical (unpaired) electrons. The maximum absolute atomic E-state index is 5.97. The highest BCUT2D eigenvalue weighted by Gasteiger charge is 2.07. The van der Waals surface area contributed by atoms with E-state index in [4.69, 9.17) is 4.74 Å². The number of hydrogen-bond donors (Lipinski definition) is 0. The van der Waals surface area contributed by atoms with Crippen LogP contribution in [0.25, 0.3) is 11.1 Å². The fourth-order valence-electron chi connectivity index (χ4n) is 1.88. The third-order valence-corrected chi connectivity index (χ3v) is 2.87. The minimum absolute atomic E-state index is 0.809. The van der Waals surface area contributed by atoms with Crippen LogP contribution in [0.4, 0.5) is 0 Å². The summed E-state index contributed by atoms with van der Waals surface area (Å²) in [4.78, 5) is 0. The molecule has 0 aliphatic carbocycles. The number of para-hydroxylation sites is 1.